The molecule has 70 valence electrons. The van der Waals surface area contributed by atoms with Gasteiger partial charge in [-0.15, -0.1) is 0 Å². The van der Waals surface area contributed by atoms with Crippen LogP contribution in [0, 0.1) is 0 Å². The van der Waals surface area contributed by atoms with E-state index in [-0.39, 0.29) is 0 Å². The molecule has 0 N–H and O–H groups in total. The van der Waals surface area contributed by atoms with Gasteiger partial charge in [-0.25, -0.2) is 0 Å². The van der Waals surface area contributed by atoms with Crippen molar-refractivity contribution in [1.82, 2.24) is 0 Å². The molecule has 0 heterocycles. The number of nitrogens with zero attached hydrogens (tertiary/aromatic N) is 1. The summed E-state index contributed by atoms with van der Waals surface area (Å²) in [6.45, 7) is 14.7. The van der Waals surface area contributed by atoms with E-state index in [0.29, 0.717) is 10.2 Å². The molecule has 3 heteroatoms. The minimum Gasteiger partial charge on any atom is -0.357 e. The largest absolute Gasteiger partial charge is 0.357 e. The molecule has 0 fully saturated rings. The first-order valence-electron chi connectivity index (χ1n) is 3.75. The van der Waals surface area contributed by atoms with Crippen molar-refractivity contribution < 1.29 is 4.84 Å². The summed E-state index contributed by atoms with van der Waals surface area (Å²) in [5, 5.41) is 3.28. The Morgan fingerprint density at radius 2 is 1.75 bits per heavy atom. The molecule has 0 rings (SSSR count). The predicted molar refractivity (Wildman–Crippen MR) is 58.4 cm³/mol. The Hall–Kier alpha value is -0.570. The molecule has 0 radical (unpaired) electrons. The lowest BCUT2D eigenvalue weighted by molar-refractivity contribution is 0.240. The molecule has 0 spiro atoms. The van der Waals surface area contributed by atoms with Crippen molar-refractivity contribution in [2.24, 2.45) is 5.16 Å². The maximum absolute atomic E-state index is 4.81. The smallest absolute Gasteiger partial charge is 0.170 e. The third kappa shape index (κ3) is 6.16. The highest BCUT2D eigenvalue weighted by Gasteiger charge is 2.01. The molecule has 12 heavy (non-hydrogen) atoms. The van der Waals surface area contributed by atoms with Crippen LogP contribution in [0.4, 0.5) is 0 Å². The summed E-state index contributed by atoms with van der Waals surface area (Å²) in [5.41, 5.74) is 1.01. The SMILES string of the molecule is C=NOC(C(=C)Br)=C(C)C.CC. The van der Waals surface area contributed by atoms with Gasteiger partial charge in [0.05, 0.1) is 4.48 Å². The Bertz CT molecular complexity index is 181. The van der Waals surface area contributed by atoms with Crippen LogP contribution in [-0.2, 0) is 4.84 Å². The molecular formula is C9H16BrNO. The highest BCUT2D eigenvalue weighted by atomic mass is 79.9. The molecule has 0 aliphatic heterocycles. The Balaban J connectivity index is 0. The first-order valence-corrected chi connectivity index (χ1v) is 4.54. The summed E-state index contributed by atoms with van der Waals surface area (Å²) in [4.78, 5) is 4.81. The van der Waals surface area contributed by atoms with Gasteiger partial charge < -0.3 is 4.84 Å². The summed E-state index contributed by atoms with van der Waals surface area (Å²) in [5.74, 6) is 0.634. The van der Waals surface area contributed by atoms with Crippen LogP contribution < -0.4 is 0 Å². The van der Waals surface area contributed by atoms with Gasteiger partial charge in [0.15, 0.2) is 5.76 Å². The van der Waals surface area contributed by atoms with Gasteiger partial charge in [-0.2, -0.15) is 0 Å². The molecule has 0 aliphatic rings. The van der Waals surface area contributed by atoms with Crippen LogP contribution in [-0.4, -0.2) is 6.72 Å². The molecule has 0 atom stereocenters. The van der Waals surface area contributed by atoms with E-state index in [4.69, 9.17) is 4.84 Å². The highest BCUT2D eigenvalue weighted by Crippen LogP contribution is 2.19. The Morgan fingerprint density at radius 1 is 1.33 bits per heavy atom. The average molecular weight is 234 g/mol. The number of hydrogen-bond donors (Lipinski definition) is 0. The second-order valence-electron chi connectivity index (χ2n) is 1.95. The first kappa shape index (κ1) is 14.0. The lowest BCUT2D eigenvalue weighted by atomic mass is 10.3. The van der Waals surface area contributed by atoms with E-state index >= 15 is 0 Å². The van der Waals surface area contributed by atoms with E-state index in [1.165, 1.54) is 0 Å². The van der Waals surface area contributed by atoms with Crippen molar-refractivity contribution in [2.45, 2.75) is 27.7 Å². The van der Waals surface area contributed by atoms with Crippen LogP contribution in [0.5, 0.6) is 0 Å². The fourth-order valence-corrected chi connectivity index (χ4v) is 0.946. The first-order chi connectivity index (χ1) is 5.59. The third-order valence-corrected chi connectivity index (χ3v) is 1.22. The fraction of sp³-hybridized carbons (Fsp3) is 0.444. The molecule has 0 saturated heterocycles. The minimum absolute atomic E-state index is 0.634. The van der Waals surface area contributed by atoms with E-state index in [1.807, 2.05) is 27.7 Å². The van der Waals surface area contributed by atoms with E-state index in [1.54, 1.807) is 0 Å². The average Bonchev–Trinajstić information content (AvgIpc) is 2.03. The number of rotatable bonds is 3. The van der Waals surface area contributed by atoms with Crippen molar-refractivity contribution in [3.63, 3.8) is 0 Å². The van der Waals surface area contributed by atoms with Crippen LogP contribution >= 0.6 is 15.9 Å². The summed E-state index contributed by atoms with van der Waals surface area (Å²) >= 11 is 3.18. The highest BCUT2D eigenvalue weighted by molar-refractivity contribution is 9.11. The van der Waals surface area contributed by atoms with Crippen LogP contribution in [0.2, 0.25) is 0 Å². The summed E-state index contributed by atoms with van der Waals surface area (Å²) < 4.78 is 0.680. The number of allylic oxidation sites excluding steroid dienone is 2. The van der Waals surface area contributed by atoms with Crippen molar-refractivity contribution >= 4 is 22.6 Å². The molecule has 0 unspecified atom stereocenters. The van der Waals surface area contributed by atoms with E-state index in [0.717, 1.165) is 5.57 Å². The van der Waals surface area contributed by atoms with Gasteiger partial charge in [-0.3, -0.25) is 0 Å². The second-order valence-corrected chi connectivity index (χ2v) is 2.91. The van der Waals surface area contributed by atoms with Crippen LogP contribution in [0.15, 0.2) is 27.5 Å². The van der Waals surface area contributed by atoms with Gasteiger partial charge in [0.25, 0.3) is 0 Å². The zero-order chi connectivity index (χ0) is 10.1. The van der Waals surface area contributed by atoms with Gasteiger partial charge in [0.2, 0.25) is 0 Å². The van der Waals surface area contributed by atoms with Gasteiger partial charge >= 0.3 is 0 Å². The van der Waals surface area contributed by atoms with Crippen molar-refractivity contribution in [2.75, 3.05) is 0 Å². The zero-order valence-electron chi connectivity index (χ0n) is 8.15. The van der Waals surface area contributed by atoms with Crippen molar-refractivity contribution in [3.8, 4) is 0 Å². The molecule has 0 aromatic heterocycles. The molecular weight excluding hydrogens is 218 g/mol. The molecule has 0 saturated carbocycles. The quantitative estimate of drug-likeness (QED) is 0.314. The number of halogens is 1. The molecule has 0 aromatic carbocycles. The Kier molecular flexibility index (Phi) is 9.93. The molecule has 0 bridgehead atoms. The fourth-order valence-electron chi connectivity index (χ4n) is 0.477. The predicted octanol–water partition coefficient (Wildman–Crippen LogP) is 3.85. The maximum Gasteiger partial charge on any atom is 0.170 e. The van der Waals surface area contributed by atoms with Gasteiger partial charge in [-0.1, -0.05) is 25.6 Å². The normalized spacial score (nSPS) is 7.42. The van der Waals surface area contributed by atoms with Crippen LogP contribution in [0.3, 0.4) is 0 Å². The van der Waals surface area contributed by atoms with E-state index < -0.39 is 0 Å². The Labute approximate surface area is 83.1 Å². The van der Waals surface area contributed by atoms with E-state index in [9.17, 15) is 0 Å². The second kappa shape index (κ2) is 8.53. The summed E-state index contributed by atoms with van der Waals surface area (Å²) in [6, 6.07) is 0. The van der Waals surface area contributed by atoms with Crippen molar-refractivity contribution in [1.29, 1.82) is 0 Å². The lowest BCUT2D eigenvalue weighted by Crippen LogP contribution is -1.86. The van der Waals surface area contributed by atoms with Crippen molar-refractivity contribution in [3.05, 3.63) is 22.4 Å². The standard InChI is InChI=1S/C7H10BrNO.C2H6/c1-5(2)7(6(3)8)10-9-4;1-2/h3-4H2,1-2H3;1-2H3. The van der Waals surface area contributed by atoms with E-state index in [2.05, 4.69) is 34.4 Å². The van der Waals surface area contributed by atoms with Crippen LogP contribution in [0.1, 0.15) is 27.7 Å². The minimum atomic E-state index is 0.634. The number of oxime groups is 1. The Morgan fingerprint density at radius 3 is 1.83 bits per heavy atom. The molecule has 0 amide bonds. The molecule has 2 nitrogen and oxygen atoms in total. The summed E-state index contributed by atoms with van der Waals surface area (Å²) in [6.07, 6.45) is 0. The molecule has 0 aromatic rings. The summed E-state index contributed by atoms with van der Waals surface area (Å²) in [7, 11) is 0. The molecule has 0 aliphatic carbocycles. The maximum atomic E-state index is 4.81. The van der Waals surface area contributed by atoms with Gasteiger partial charge in [0.1, 0.15) is 0 Å². The topological polar surface area (TPSA) is 21.6 Å². The lowest BCUT2D eigenvalue weighted by Gasteiger charge is -2.02. The zero-order valence-corrected chi connectivity index (χ0v) is 9.73. The monoisotopic (exact) mass is 233 g/mol. The van der Waals surface area contributed by atoms with Crippen LogP contribution in [0.25, 0.3) is 0 Å². The number of hydrogen-bond acceptors (Lipinski definition) is 2. The van der Waals surface area contributed by atoms with Gasteiger partial charge in [0, 0.05) is 6.72 Å². The van der Waals surface area contributed by atoms with Gasteiger partial charge in [-0.05, 0) is 35.4 Å². The third-order valence-electron chi connectivity index (χ3n) is 0.856.